The highest BCUT2D eigenvalue weighted by atomic mass is 127. The van der Waals surface area contributed by atoms with Crippen molar-refractivity contribution in [3.05, 3.63) is 16.0 Å². The Hall–Kier alpha value is -0.560. The molecular weight excluding hydrogens is 317 g/mol. The van der Waals surface area contributed by atoms with Crippen LogP contribution in [0.3, 0.4) is 0 Å². The summed E-state index contributed by atoms with van der Waals surface area (Å²) in [6.45, 7) is 4.25. The molecule has 0 aromatic carbocycles. The molecule has 1 saturated heterocycles. The topological polar surface area (TPSA) is 37.4 Å². The van der Waals surface area contributed by atoms with E-state index < -0.39 is 0 Å². The molecule has 0 aliphatic carbocycles. The first-order valence-corrected chi connectivity index (χ1v) is 6.54. The number of rotatable bonds is 2. The van der Waals surface area contributed by atoms with Crippen LogP contribution in [0.4, 0.5) is 5.69 Å². The molecule has 0 amide bonds. The highest BCUT2D eigenvalue weighted by Crippen LogP contribution is 2.24. The lowest BCUT2D eigenvalue weighted by Crippen LogP contribution is -2.27. The molecule has 1 aliphatic rings. The summed E-state index contributed by atoms with van der Waals surface area (Å²) in [6, 6.07) is 2.07. The van der Waals surface area contributed by atoms with Gasteiger partial charge in [-0.3, -0.25) is 0 Å². The van der Waals surface area contributed by atoms with Crippen LogP contribution in [0.1, 0.15) is 6.42 Å². The highest BCUT2D eigenvalue weighted by Gasteiger charge is 2.11. The Bertz CT molecular complexity index is 351. The number of aromatic nitrogens is 1. The fourth-order valence-electron chi connectivity index (χ4n) is 1.84. The summed E-state index contributed by atoms with van der Waals surface area (Å²) in [4.78, 5) is 6.71. The van der Waals surface area contributed by atoms with Crippen LogP contribution in [0.15, 0.2) is 12.3 Å². The van der Waals surface area contributed by atoms with Crippen molar-refractivity contribution in [1.29, 1.82) is 0 Å². The molecule has 0 atom stereocenters. The first-order valence-electron chi connectivity index (χ1n) is 5.46. The van der Waals surface area contributed by atoms with Crippen molar-refractivity contribution in [3.63, 3.8) is 0 Å². The average molecular weight is 333 g/mol. The zero-order valence-electron chi connectivity index (χ0n) is 9.37. The second-order valence-corrected chi connectivity index (χ2v) is 4.80. The summed E-state index contributed by atoms with van der Waals surface area (Å²) in [6.07, 6.45) is 3.10. The van der Waals surface area contributed by atoms with Crippen molar-refractivity contribution in [2.75, 3.05) is 38.2 Å². The van der Waals surface area contributed by atoms with Gasteiger partial charge in [-0.25, -0.2) is 4.98 Å². The molecule has 1 N–H and O–H groups in total. The number of halogens is 1. The van der Waals surface area contributed by atoms with E-state index in [4.69, 9.17) is 4.74 Å². The number of ether oxygens (including phenoxy) is 1. The molecule has 0 spiro atoms. The lowest BCUT2D eigenvalue weighted by Gasteiger charge is -2.22. The van der Waals surface area contributed by atoms with Crippen molar-refractivity contribution < 1.29 is 4.74 Å². The van der Waals surface area contributed by atoms with Gasteiger partial charge in [-0.1, -0.05) is 0 Å². The van der Waals surface area contributed by atoms with Crippen molar-refractivity contribution >= 4 is 28.3 Å². The van der Waals surface area contributed by atoms with Gasteiger partial charge < -0.3 is 15.0 Å². The van der Waals surface area contributed by atoms with E-state index in [0.717, 1.165) is 41.3 Å². The minimum atomic E-state index is 0.857. The minimum absolute atomic E-state index is 0.857. The molecule has 5 heteroatoms. The van der Waals surface area contributed by atoms with E-state index in [-0.39, 0.29) is 0 Å². The van der Waals surface area contributed by atoms with Gasteiger partial charge in [0.1, 0.15) is 3.70 Å². The molecule has 1 aromatic rings. The summed E-state index contributed by atoms with van der Waals surface area (Å²) in [5, 5.41) is 3.39. The van der Waals surface area contributed by atoms with Gasteiger partial charge in [0, 0.05) is 25.7 Å². The Labute approximate surface area is 110 Å². The van der Waals surface area contributed by atoms with Gasteiger partial charge in [0.15, 0.2) is 5.75 Å². The van der Waals surface area contributed by atoms with E-state index in [2.05, 4.69) is 43.9 Å². The summed E-state index contributed by atoms with van der Waals surface area (Å²) in [5.41, 5.74) is 1.15. The zero-order chi connectivity index (χ0) is 11.4. The molecule has 0 radical (unpaired) electrons. The highest BCUT2D eigenvalue weighted by molar-refractivity contribution is 14.1. The largest absolute Gasteiger partial charge is 0.494 e. The van der Waals surface area contributed by atoms with E-state index in [1.807, 2.05) is 6.20 Å². The Kier molecular flexibility index (Phi) is 4.22. The van der Waals surface area contributed by atoms with Crippen LogP contribution in [0, 0.1) is 3.70 Å². The lowest BCUT2D eigenvalue weighted by atomic mass is 10.3. The van der Waals surface area contributed by atoms with Gasteiger partial charge in [-0.05, 0) is 35.6 Å². The number of anilines is 1. The Morgan fingerprint density at radius 1 is 1.44 bits per heavy atom. The first kappa shape index (κ1) is 11.9. The van der Waals surface area contributed by atoms with E-state index in [9.17, 15) is 0 Å². The van der Waals surface area contributed by atoms with Gasteiger partial charge in [-0.15, -0.1) is 0 Å². The van der Waals surface area contributed by atoms with Crippen LogP contribution in [-0.2, 0) is 0 Å². The molecule has 88 valence electrons. The normalized spacial score (nSPS) is 17.0. The molecule has 0 saturated carbocycles. The predicted octanol–water partition coefficient (Wildman–Crippen LogP) is 1.49. The maximum Gasteiger partial charge on any atom is 0.152 e. The van der Waals surface area contributed by atoms with E-state index in [0.29, 0.717) is 0 Å². The third-order valence-electron chi connectivity index (χ3n) is 2.72. The van der Waals surface area contributed by atoms with E-state index in [1.165, 1.54) is 6.42 Å². The van der Waals surface area contributed by atoms with Crippen LogP contribution in [0.5, 0.6) is 5.75 Å². The molecule has 2 rings (SSSR count). The summed E-state index contributed by atoms with van der Waals surface area (Å²) in [5.74, 6) is 0.857. The Balaban J connectivity index is 2.18. The Morgan fingerprint density at radius 2 is 2.31 bits per heavy atom. The van der Waals surface area contributed by atoms with Gasteiger partial charge in [0.25, 0.3) is 0 Å². The van der Waals surface area contributed by atoms with E-state index >= 15 is 0 Å². The number of nitrogens with one attached hydrogen (secondary N) is 1. The second kappa shape index (κ2) is 5.67. The van der Waals surface area contributed by atoms with Crippen molar-refractivity contribution in [3.8, 4) is 5.75 Å². The third kappa shape index (κ3) is 2.76. The van der Waals surface area contributed by atoms with Gasteiger partial charge in [0.2, 0.25) is 0 Å². The van der Waals surface area contributed by atoms with Crippen LogP contribution in [0.2, 0.25) is 0 Å². The molecule has 16 heavy (non-hydrogen) atoms. The molecule has 1 aliphatic heterocycles. The number of methoxy groups -OCH3 is 1. The van der Waals surface area contributed by atoms with Crippen LogP contribution in [0.25, 0.3) is 0 Å². The number of pyridine rings is 1. The van der Waals surface area contributed by atoms with Gasteiger partial charge in [0.05, 0.1) is 19.0 Å². The maximum atomic E-state index is 5.30. The van der Waals surface area contributed by atoms with Crippen molar-refractivity contribution in [2.45, 2.75) is 6.42 Å². The molecule has 1 aromatic heterocycles. The quantitative estimate of drug-likeness (QED) is 0.657. The number of hydrogen-bond acceptors (Lipinski definition) is 4. The average Bonchev–Trinajstić information content (AvgIpc) is 2.58. The monoisotopic (exact) mass is 333 g/mol. The SMILES string of the molecule is COc1cc(N2CCCNCC2)cnc1I. The van der Waals surface area contributed by atoms with Gasteiger partial charge >= 0.3 is 0 Å². The standard InChI is InChI=1S/C11H16IN3O/c1-16-10-7-9(8-14-11(10)12)15-5-2-3-13-4-6-15/h7-8,13H,2-6H2,1H3. The first-order chi connectivity index (χ1) is 7.81. The Morgan fingerprint density at radius 3 is 3.12 bits per heavy atom. The molecule has 4 nitrogen and oxygen atoms in total. The lowest BCUT2D eigenvalue weighted by molar-refractivity contribution is 0.409. The fraction of sp³-hybridized carbons (Fsp3) is 0.545. The van der Waals surface area contributed by atoms with Crippen LogP contribution < -0.4 is 15.0 Å². The maximum absolute atomic E-state index is 5.30. The molecule has 2 heterocycles. The molecule has 0 unspecified atom stereocenters. The number of hydrogen-bond donors (Lipinski definition) is 1. The number of nitrogens with zero attached hydrogens (tertiary/aromatic N) is 2. The smallest absolute Gasteiger partial charge is 0.152 e. The summed E-state index contributed by atoms with van der Waals surface area (Å²) < 4.78 is 6.21. The molecular formula is C11H16IN3O. The third-order valence-corrected chi connectivity index (χ3v) is 3.53. The van der Waals surface area contributed by atoms with Crippen molar-refractivity contribution in [2.24, 2.45) is 0 Å². The molecule has 1 fully saturated rings. The summed E-state index contributed by atoms with van der Waals surface area (Å²) in [7, 11) is 1.69. The van der Waals surface area contributed by atoms with Crippen molar-refractivity contribution in [1.82, 2.24) is 10.3 Å². The predicted molar refractivity (Wildman–Crippen MR) is 73.2 cm³/mol. The fourth-order valence-corrected chi connectivity index (χ4v) is 2.35. The molecule has 0 bridgehead atoms. The summed E-state index contributed by atoms with van der Waals surface area (Å²) >= 11 is 2.19. The second-order valence-electron chi connectivity index (χ2n) is 3.78. The van der Waals surface area contributed by atoms with Crippen LogP contribution >= 0.6 is 22.6 Å². The zero-order valence-corrected chi connectivity index (χ0v) is 11.5. The van der Waals surface area contributed by atoms with E-state index in [1.54, 1.807) is 7.11 Å². The van der Waals surface area contributed by atoms with Crippen LogP contribution in [-0.4, -0.2) is 38.3 Å². The minimum Gasteiger partial charge on any atom is -0.494 e. The van der Waals surface area contributed by atoms with Gasteiger partial charge in [-0.2, -0.15) is 0 Å².